The molecule has 0 unspecified atom stereocenters. The zero-order chi connectivity index (χ0) is 16.0. The summed E-state index contributed by atoms with van der Waals surface area (Å²) in [5, 5.41) is 9.52. The van der Waals surface area contributed by atoms with Crippen LogP contribution < -0.4 is 0 Å². The van der Waals surface area contributed by atoms with Crippen molar-refractivity contribution in [2.24, 2.45) is 11.8 Å². The van der Waals surface area contributed by atoms with Gasteiger partial charge in [0, 0.05) is 0 Å². The zero-order valence-corrected chi connectivity index (χ0v) is 13.7. The number of hydrogen-bond acceptors (Lipinski definition) is 3. The fourth-order valence-corrected chi connectivity index (χ4v) is 5.00. The lowest BCUT2D eigenvalue weighted by Gasteiger charge is -2.45. The Balaban J connectivity index is 2.45. The topological polar surface area (TPSA) is 71.4 Å². The first-order chi connectivity index (χ1) is 9.61. The minimum atomic E-state index is -3.87. The quantitative estimate of drug-likeness (QED) is 0.928. The van der Waals surface area contributed by atoms with Crippen LogP contribution in [-0.4, -0.2) is 24.2 Å². The fraction of sp³-hybridized carbons (Fsp3) is 0.562. The third-order valence-electron chi connectivity index (χ3n) is 4.82. The first kappa shape index (κ1) is 16.0. The van der Waals surface area contributed by atoms with Gasteiger partial charge < -0.3 is 5.11 Å². The van der Waals surface area contributed by atoms with E-state index < -0.39 is 20.6 Å². The van der Waals surface area contributed by atoms with E-state index in [2.05, 4.69) is 0 Å². The minimum absolute atomic E-state index is 0.121. The highest BCUT2D eigenvalue weighted by Gasteiger charge is 2.60. The largest absolute Gasteiger partial charge is 0.480 e. The molecule has 0 atom stereocenters. The number of hydrogen-bond donors (Lipinski definition) is 1. The maximum Gasteiger partial charge on any atom is 0.325 e. The van der Waals surface area contributed by atoms with Crippen LogP contribution in [0.25, 0.3) is 0 Å². The van der Waals surface area contributed by atoms with Crippen molar-refractivity contribution in [3.8, 4) is 0 Å². The Morgan fingerprint density at radius 1 is 1.24 bits per heavy atom. The van der Waals surface area contributed by atoms with Crippen molar-refractivity contribution in [1.82, 2.24) is 0 Å². The third-order valence-corrected chi connectivity index (χ3v) is 7.23. The van der Waals surface area contributed by atoms with E-state index in [1.54, 1.807) is 12.1 Å². The van der Waals surface area contributed by atoms with E-state index in [4.69, 9.17) is 0 Å². The number of carboxylic acids is 1. The summed E-state index contributed by atoms with van der Waals surface area (Å²) in [7, 11) is -3.87. The monoisotopic (exact) mass is 310 g/mol. The molecule has 2 rings (SSSR count). The van der Waals surface area contributed by atoms with Gasteiger partial charge in [-0.15, -0.1) is 0 Å². The molecule has 0 amide bonds. The Morgan fingerprint density at radius 3 is 2.24 bits per heavy atom. The van der Waals surface area contributed by atoms with Gasteiger partial charge in [-0.1, -0.05) is 19.9 Å². The van der Waals surface area contributed by atoms with Crippen molar-refractivity contribution >= 4 is 15.8 Å². The zero-order valence-electron chi connectivity index (χ0n) is 12.9. The van der Waals surface area contributed by atoms with Gasteiger partial charge in [-0.05, 0) is 61.8 Å². The van der Waals surface area contributed by atoms with E-state index in [-0.39, 0.29) is 23.7 Å². The summed E-state index contributed by atoms with van der Waals surface area (Å²) in [4.78, 5) is 11.8. The van der Waals surface area contributed by atoms with Gasteiger partial charge in [0.1, 0.15) is 0 Å². The van der Waals surface area contributed by atoms with Crippen LogP contribution in [0.1, 0.15) is 37.8 Å². The van der Waals surface area contributed by atoms with Crippen LogP contribution in [0.5, 0.6) is 0 Å². The molecule has 1 aromatic rings. The van der Waals surface area contributed by atoms with Crippen LogP contribution in [-0.2, 0) is 14.6 Å². The first-order valence-electron chi connectivity index (χ1n) is 7.17. The molecule has 0 aromatic heterocycles. The molecule has 0 aliphatic heterocycles. The Labute approximate surface area is 126 Å². The second kappa shape index (κ2) is 5.13. The minimum Gasteiger partial charge on any atom is -0.480 e. The van der Waals surface area contributed by atoms with E-state index in [9.17, 15) is 18.3 Å². The molecule has 0 bridgehead atoms. The fourth-order valence-electron chi connectivity index (χ4n) is 2.87. The maximum atomic E-state index is 12.8. The van der Waals surface area contributed by atoms with E-state index in [0.717, 1.165) is 11.1 Å². The van der Waals surface area contributed by atoms with Crippen LogP contribution in [0.4, 0.5) is 0 Å². The second-order valence-corrected chi connectivity index (χ2v) is 8.72. The van der Waals surface area contributed by atoms with Crippen molar-refractivity contribution in [3.05, 3.63) is 29.3 Å². The van der Waals surface area contributed by atoms with E-state index >= 15 is 0 Å². The number of sulfone groups is 1. The molecule has 1 aromatic carbocycles. The number of carboxylic acid groups (broad SMARTS) is 1. The average Bonchev–Trinajstić information content (AvgIpc) is 2.29. The van der Waals surface area contributed by atoms with Crippen LogP contribution >= 0.6 is 0 Å². The van der Waals surface area contributed by atoms with Crippen LogP contribution in [0.2, 0.25) is 0 Å². The molecule has 1 aliphatic carbocycles. The predicted octanol–water partition coefficient (Wildman–Crippen LogP) is 2.97. The van der Waals surface area contributed by atoms with Gasteiger partial charge in [-0.25, -0.2) is 8.42 Å². The lowest BCUT2D eigenvalue weighted by molar-refractivity contribution is -0.144. The normalized spacial score (nSPS) is 25.7. The van der Waals surface area contributed by atoms with Gasteiger partial charge in [0.25, 0.3) is 0 Å². The summed E-state index contributed by atoms with van der Waals surface area (Å²) >= 11 is 0. The molecular weight excluding hydrogens is 288 g/mol. The Kier molecular flexibility index (Phi) is 3.91. The van der Waals surface area contributed by atoms with Crippen molar-refractivity contribution < 1.29 is 18.3 Å². The molecule has 21 heavy (non-hydrogen) atoms. The molecule has 1 aliphatic rings. The highest BCUT2D eigenvalue weighted by Crippen LogP contribution is 2.49. The van der Waals surface area contributed by atoms with Crippen molar-refractivity contribution in [1.29, 1.82) is 0 Å². The number of carbonyl (C=O) groups is 1. The number of aryl methyl sites for hydroxylation is 2. The molecule has 1 fully saturated rings. The summed E-state index contributed by atoms with van der Waals surface area (Å²) in [5.41, 5.74) is 1.85. The highest BCUT2D eigenvalue weighted by atomic mass is 32.2. The second-order valence-electron chi connectivity index (χ2n) is 6.46. The predicted molar refractivity (Wildman–Crippen MR) is 81.0 cm³/mol. The summed E-state index contributed by atoms with van der Waals surface area (Å²) in [6, 6.07) is 4.83. The standard InChI is InChI=1S/C16H22O4S/c1-10(2)13-8-16(9-13,15(17)18)21(19,20)14-6-5-11(3)12(4)7-14/h5-7,10,13H,8-9H2,1-4H3,(H,17,18). The van der Waals surface area contributed by atoms with E-state index in [0.29, 0.717) is 5.92 Å². The Hall–Kier alpha value is -1.36. The van der Waals surface area contributed by atoms with E-state index in [1.165, 1.54) is 6.07 Å². The molecule has 0 saturated heterocycles. The van der Waals surface area contributed by atoms with Crippen molar-refractivity contribution in [3.63, 3.8) is 0 Å². The number of aliphatic carboxylic acids is 1. The van der Waals surface area contributed by atoms with Gasteiger partial charge in [0.2, 0.25) is 0 Å². The van der Waals surface area contributed by atoms with Gasteiger partial charge in [-0.3, -0.25) is 4.79 Å². The molecule has 5 heteroatoms. The molecule has 1 saturated carbocycles. The summed E-state index contributed by atoms with van der Waals surface area (Å²) < 4.78 is 24.0. The lowest BCUT2D eigenvalue weighted by atomic mass is 9.69. The Morgan fingerprint density at radius 2 is 1.81 bits per heavy atom. The van der Waals surface area contributed by atoms with Crippen LogP contribution in [0.3, 0.4) is 0 Å². The third kappa shape index (κ3) is 2.37. The van der Waals surface area contributed by atoms with Crippen LogP contribution in [0, 0.1) is 25.7 Å². The molecule has 116 valence electrons. The van der Waals surface area contributed by atoms with Gasteiger partial charge in [0.05, 0.1) is 4.90 Å². The average molecular weight is 310 g/mol. The van der Waals surface area contributed by atoms with Crippen LogP contribution in [0.15, 0.2) is 23.1 Å². The maximum absolute atomic E-state index is 12.8. The molecule has 0 spiro atoms. The summed E-state index contributed by atoms with van der Waals surface area (Å²) in [6.45, 7) is 7.73. The molecular formula is C16H22O4S. The van der Waals surface area contributed by atoms with Gasteiger partial charge >= 0.3 is 5.97 Å². The molecule has 0 radical (unpaired) electrons. The SMILES string of the molecule is Cc1ccc(S(=O)(=O)C2(C(=O)O)CC(C(C)C)C2)cc1C. The van der Waals surface area contributed by atoms with Gasteiger partial charge in [0.15, 0.2) is 14.6 Å². The van der Waals surface area contributed by atoms with Gasteiger partial charge in [-0.2, -0.15) is 0 Å². The number of rotatable bonds is 4. The highest BCUT2D eigenvalue weighted by molar-refractivity contribution is 7.93. The first-order valence-corrected chi connectivity index (χ1v) is 8.65. The van der Waals surface area contributed by atoms with Crippen molar-refractivity contribution in [2.45, 2.75) is 50.2 Å². The molecule has 4 nitrogen and oxygen atoms in total. The summed E-state index contributed by atoms with van der Waals surface area (Å²) in [6.07, 6.45) is 0.407. The lowest BCUT2D eigenvalue weighted by Crippen LogP contribution is -2.57. The van der Waals surface area contributed by atoms with Crippen molar-refractivity contribution in [2.75, 3.05) is 0 Å². The smallest absolute Gasteiger partial charge is 0.325 e. The molecule has 1 N–H and O–H groups in total. The number of benzene rings is 1. The summed E-state index contributed by atoms with van der Waals surface area (Å²) in [5.74, 6) is -0.771. The van der Waals surface area contributed by atoms with E-state index in [1.807, 2.05) is 27.7 Å². The Bertz CT molecular complexity index is 668. The molecule has 0 heterocycles.